The van der Waals surface area contributed by atoms with Crippen LogP contribution in [0, 0.1) is 0 Å². The summed E-state index contributed by atoms with van der Waals surface area (Å²) in [4.78, 5) is 7.67. The van der Waals surface area contributed by atoms with E-state index in [-0.39, 0.29) is 21.6 Å². The first-order chi connectivity index (χ1) is 8.88. The lowest BCUT2D eigenvalue weighted by atomic mass is 10.3. The average Bonchev–Trinajstić information content (AvgIpc) is 2.34. The predicted octanol–water partition coefficient (Wildman–Crippen LogP) is 1.91. The summed E-state index contributed by atoms with van der Waals surface area (Å²) in [6.45, 7) is 0. The fraction of sp³-hybridized carbons (Fsp3) is 0.0909. The van der Waals surface area contributed by atoms with E-state index in [4.69, 9.17) is 22.1 Å². The molecule has 2 rings (SSSR count). The minimum atomic E-state index is -3.31. The molecule has 100 valence electrons. The summed E-state index contributed by atoms with van der Waals surface area (Å²) in [5, 5.41) is 0.0734. The zero-order chi connectivity index (χ0) is 14.0. The number of nitrogens with zero attached hydrogens (tertiary/aromatic N) is 2. The van der Waals surface area contributed by atoms with Gasteiger partial charge in [-0.1, -0.05) is 17.7 Å². The first-order valence-corrected chi connectivity index (χ1v) is 7.39. The molecule has 0 atom stereocenters. The van der Waals surface area contributed by atoms with E-state index in [2.05, 4.69) is 9.97 Å². The van der Waals surface area contributed by atoms with Gasteiger partial charge in [0.25, 0.3) is 0 Å². The van der Waals surface area contributed by atoms with Crippen LogP contribution in [0.4, 0.5) is 5.69 Å². The maximum absolute atomic E-state index is 11.4. The van der Waals surface area contributed by atoms with Gasteiger partial charge in [0.2, 0.25) is 5.88 Å². The van der Waals surface area contributed by atoms with Crippen LogP contribution in [0.5, 0.6) is 11.6 Å². The van der Waals surface area contributed by atoms with Crippen LogP contribution in [0.2, 0.25) is 5.15 Å². The van der Waals surface area contributed by atoms with Crippen LogP contribution in [-0.2, 0) is 9.84 Å². The standard InChI is InChI=1S/C11H10ClN3O3S/c1-19(16,17)8-4-2-3-7(5-8)18-11-9(13)10(12)14-6-15-11/h2-6H,13H2,1H3. The van der Waals surface area contributed by atoms with Crippen molar-refractivity contribution in [2.45, 2.75) is 4.90 Å². The number of sulfone groups is 1. The molecule has 19 heavy (non-hydrogen) atoms. The lowest BCUT2D eigenvalue weighted by molar-refractivity contribution is 0.462. The van der Waals surface area contributed by atoms with E-state index in [0.717, 1.165) is 6.26 Å². The van der Waals surface area contributed by atoms with Crippen LogP contribution in [0.15, 0.2) is 35.5 Å². The smallest absolute Gasteiger partial charge is 0.247 e. The highest BCUT2D eigenvalue weighted by Crippen LogP contribution is 2.29. The molecule has 8 heteroatoms. The number of hydrogen-bond acceptors (Lipinski definition) is 6. The van der Waals surface area contributed by atoms with Crippen molar-refractivity contribution in [3.05, 3.63) is 35.7 Å². The predicted molar refractivity (Wildman–Crippen MR) is 71.1 cm³/mol. The Morgan fingerprint density at radius 1 is 1.32 bits per heavy atom. The van der Waals surface area contributed by atoms with Gasteiger partial charge in [0.05, 0.1) is 4.90 Å². The number of anilines is 1. The number of nitrogen functional groups attached to an aromatic ring is 1. The van der Waals surface area contributed by atoms with E-state index in [1.807, 2.05) is 0 Å². The van der Waals surface area contributed by atoms with Crippen molar-refractivity contribution < 1.29 is 13.2 Å². The average molecular weight is 300 g/mol. The van der Waals surface area contributed by atoms with Crippen molar-refractivity contribution in [3.8, 4) is 11.6 Å². The number of ether oxygens (including phenoxy) is 1. The molecule has 2 N–H and O–H groups in total. The summed E-state index contributed by atoms with van der Waals surface area (Å²) in [6, 6.07) is 6.00. The lowest BCUT2D eigenvalue weighted by Gasteiger charge is -2.08. The molecule has 0 aliphatic rings. The Morgan fingerprint density at radius 2 is 2.05 bits per heavy atom. The van der Waals surface area contributed by atoms with Crippen molar-refractivity contribution in [1.29, 1.82) is 0 Å². The van der Waals surface area contributed by atoms with Crippen molar-refractivity contribution >= 4 is 27.1 Å². The van der Waals surface area contributed by atoms with E-state index in [9.17, 15) is 8.42 Å². The highest BCUT2D eigenvalue weighted by atomic mass is 35.5. The number of nitrogens with two attached hydrogens (primary N) is 1. The van der Waals surface area contributed by atoms with Crippen LogP contribution in [-0.4, -0.2) is 24.6 Å². The molecule has 1 aromatic heterocycles. The Morgan fingerprint density at radius 3 is 2.74 bits per heavy atom. The molecule has 0 amide bonds. The van der Waals surface area contributed by atoms with Crippen LogP contribution < -0.4 is 10.5 Å². The number of benzene rings is 1. The van der Waals surface area contributed by atoms with Gasteiger partial charge in [-0.2, -0.15) is 4.98 Å². The van der Waals surface area contributed by atoms with Crippen molar-refractivity contribution in [2.75, 3.05) is 12.0 Å². The van der Waals surface area contributed by atoms with Gasteiger partial charge in [-0.25, -0.2) is 13.4 Å². The Bertz CT molecular complexity index is 719. The second-order valence-electron chi connectivity index (χ2n) is 3.73. The summed E-state index contributed by atoms with van der Waals surface area (Å²) >= 11 is 5.73. The molecule has 1 heterocycles. The van der Waals surface area contributed by atoms with Crippen LogP contribution in [0.1, 0.15) is 0 Å². The Kier molecular flexibility index (Phi) is 3.59. The van der Waals surface area contributed by atoms with Crippen LogP contribution in [0.3, 0.4) is 0 Å². The summed E-state index contributed by atoms with van der Waals surface area (Å²) in [7, 11) is -3.31. The topological polar surface area (TPSA) is 95.2 Å². The maximum Gasteiger partial charge on any atom is 0.247 e. The molecule has 1 aromatic carbocycles. The second kappa shape index (κ2) is 5.02. The van der Waals surface area contributed by atoms with Gasteiger partial charge in [0.15, 0.2) is 15.0 Å². The summed E-state index contributed by atoms with van der Waals surface area (Å²) in [5.74, 6) is 0.370. The zero-order valence-corrected chi connectivity index (χ0v) is 11.4. The van der Waals surface area contributed by atoms with Gasteiger partial charge in [-0.3, -0.25) is 0 Å². The van der Waals surface area contributed by atoms with Crippen molar-refractivity contribution in [2.24, 2.45) is 0 Å². The quantitative estimate of drug-likeness (QED) is 0.870. The number of rotatable bonds is 3. The van der Waals surface area contributed by atoms with E-state index in [0.29, 0.717) is 5.75 Å². The second-order valence-corrected chi connectivity index (χ2v) is 6.11. The monoisotopic (exact) mass is 299 g/mol. The third-order valence-electron chi connectivity index (χ3n) is 2.25. The van der Waals surface area contributed by atoms with E-state index < -0.39 is 9.84 Å². The normalized spacial score (nSPS) is 11.3. The van der Waals surface area contributed by atoms with Gasteiger partial charge in [-0.05, 0) is 18.2 Å². The molecule has 0 saturated heterocycles. The molecule has 0 bridgehead atoms. The molecule has 0 spiro atoms. The molecule has 0 aliphatic carbocycles. The third-order valence-corrected chi connectivity index (χ3v) is 3.66. The lowest BCUT2D eigenvalue weighted by Crippen LogP contribution is -1.99. The molecule has 2 aromatic rings. The molecule has 0 aliphatic heterocycles. The molecule has 0 unspecified atom stereocenters. The Balaban J connectivity index is 2.37. The molecule has 6 nitrogen and oxygen atoms in total. The minimum Gasteiger partial charge on any atom is -0.437 e. The summed E-state index contributed by atoms with van der Waals surface area (Å²) in [5.41, 5.74) is 5.75. The first kappa shape index (κ1) is 13.6. The molecule has 0 saturated carbocycles. The summed E-state index contributed by atoms with van der Waals surface area (Å²) in [6.07, 6.45) is 2.32. The Labute approximate surface area is 115 Å². The largest absolute Gasteiger partial charge is 0.437 e. The number of aromatic nitrogens is 2. The fourth-order valence-corrected chi connectivity index (χ4v) is 2.10. The highest BCUT2D eigenvalue weighted by Gasteiger charge is 2.11. The number of halogens is 1. The fourth-order valence-electron chi connectivity index (χ4n) is 1.32. The zero-order valence-electron chi connectivity index (χ0n) is 9.87. The first-order valence-electron chi connectivity index (χ1n) is 5.12. The third kappa shape index (κ3) is 3.12. The van der Waals surface area contributed by atoms with Gasteiger partial charge < -0.3 is 10.5 Å². The van der Waals surface area contributed by atoms with Crippen molar-refractivity contribution in [1.82, 2.24) is 9.97 Å². The number of hydrogen-bond donors (Lipinski definition) is 1. The maximum atomic E-state index is 11.4. The van der Waals surface area contributed by atoms with Gasteiger partial charge in [-0.15, -0.1) is 0 Å². The van der Waals surface area contributed by atoms with E-state index in [1.165, 1.54) is 18.5 Å². The molecule has 0 radical (unpaired) electrons. The van der Waals surface area contributed by atoms with Gasteiger partial charge in [0, 0.05) is 6.26 Å². The minimum absolute atomic E-state index is 0.0734. The molecular formula is C11H10ClN3O3S. The van der Waals surface area contributed by atoms with Crippen LogP contribution in [0.25, 0.3) is 0 Å². The molecule has 0 fully saturated rings. The van der Waals surface area contributed by atoms with Crippen LogP contribution >= 0.6 is 11.6 Å². The highest BCUT2D eigenvalue weighted by molar-refractivity contribution is 7.90. The van der Waals surface area contributed by atoms with Gasteiger partial charge in [0.1, 0.15) is 17.8 Å². The molecular weight excluding hydrogens is 290 g/mol. The SMILES string of the molecule is CS(=O)(=O)c1cccc(Oc2ncnc(Cl)c2N)c1. The summed E-state index contributed by atoms with van der Waals surface area (Å²) < 4.78 is 28.3. The van der Waals surface area contributed by atoms with E-state index >= 15 is 0 Å². The van der Waals surface area contributed by atoms with E-state index in [1.54, 1.807) is 12.1 Å². The van der Waals surface area contributed by atoms with Gasteiger partial charge >= 0.3 is 0 Å². The Hall–Kier alpha value is -1.86. The van der Waals surface area contributed by atoms with Crippen molar-refractivity contribution in [3.63, 3.8) is 0 Å².